The average molecular weight is 389 g/mol. The summed E-state index contributed by atoms with van der Waals surface area (Å²) in [6.45, 7) is 3.46. The molecule has 0 aromatic heterocycles. The van der Waals surface area contributed by atoms with Gasteiger partial charge in [-0.3, -0.25) is 0 Å². The number of benzene rings is 1. The maximum absolute atomic E-state index is 5.91. The van der Waals surface area contributed by atoms with Crippen LogP contribution < -0.4 is 10.5 Å². The molecule has 1 saturated carbocycles. The van der Waals surface area contributed by atoms with Gasteiger partial charge in [-0.05, 0) is 37.3 Å². The summed E-state index contributed by atoms with van der Waals surface area (Å²) in [6, 6.07) is 6.24. The lowest BCUT2D eigenvalue weighted by molar-refractivity contribution is 0.296. The molecular formula is C15H24IN3O. The number of hydrogen-bond donors (Lipinski definition) is 1. The van der Waals surface area contributed by atoms with Gasteiger partial charge in [-0.1, -0.05) is 12.1 Å². The molecule has 0 amide bonds. The topological polar surface area (TPSA) is 50.8 Å². The number of nitrogens with two attached hydrogens (primary N) is 1. The van der Waals surface area contributed by atoms with Gasteiger partial charge in [0.25, 0.3) is 0 Å². The van der Waals surface area contributed by atoms with E-state index in [4.69, 9.17) is 10.5 Å². The van der Waals surface area contributed by atoms with Crippen LogP contribution in [0.3, 0.4) is 0 Å². The molecule has 0 saturated heterocycles. The summed E-state index contributed by atoms with van der Waals surface area (Å²) in [5.41, 5.74) is 8.11. The zero-order valence-corrected chi connectivity index (χ0v) is 14.8. The highest BCUT2D eigenvalue weighted by Crippen LogP contribution is 2.30. The van der Waals surface area contributed by atoms with Crippen molar-refractivity contribution < 1.29 is 4.74 Å². The number of rotatable bonds is 5. The van der Waals surface area contributed by atoms with Gasteiger partial charge < -0.3 is 15.4 Å². The Labute approximate surface area is 138 Å². The third kappa shape index (κ3) is 5.19. The molecule has 1 fully saturated rings. The van der Waals surface area contributed by atoms with Gasteiger partial charge in [-0.25, -0.2) is 4.99 Å². The first-order valence-corrected chi connectivity index (χ1v) is 6.76. The van der Waals surface area contributed by atoms with Crippen LogP contribution in [0.4, 0.5) is 0 Å². The molecular weight excluding hydrogens is 365 g/mol. The number of aryl methyl sites for hydroxylation is 1. The lowest BCUT2D eigenvalue weighted by Crippen LogP contribution is -2.30. The fourth-order valence-corrected chi connectivity index (χ4v) is 1.73. The largest absolute Gasteiger partial charge is 0.493 e. The first kappa shape index (κ1) is 17.1. The smallest absolute Gasteiger partial charge is 0.191 e. The van der Waals surface area contributed by atoms with E-state index in [1.165, 1.54) is 18.4 Å². The van der Waals surface area contributed by atoms with Gasteiger partial charge in [-0.2, -0.15) is 0 Å². The van der Waals surface area contributed by atoms with Crippen molar-refractivity contribution in [1.82, 2.24) is 4.90 Å². The fourth-order valence-electron chi connectivity index (χ4n) is 1.73. The van der Waals surface area contributed by atoms with E-state index in [1.807, 2.05) is 14.1 Å². The van der Waals surface area contributed by atoms with Crippen molar-refractivity contribution in [3.63, 3.8) is 0 Å². The van der Waals surface area contributed by atoms with Crippen molar-refractivity contribution >= 4 is 29.9 Å². The van der Waals surface area contributed by atoms with E-state index >= 15 is 0 Å². The molecule has 0 spiro atoms. The molecule has 0 heterocycles. The van der Waals surface area contributed by atoms with E-state index in [1.54, 1.807) is 4.90 Å². The molecule has 1 aromatic rings. The predicted octanol–water partition coefficient (Wildman–Crippen LogP) is 2.78. The molecule has 0 radical (unpaired) electrons. The number of hydrogen-bond acceptors (Lipinski definition) is 2. The molecule has 1 aliphatic rings. The molecule has 0 aliphatic heterocycles. The van der Waals surface area contributed by atoms with Crippen LogP contribution in [0.2, 0.25) is 0 Å². The molecule has 4 nitrogen and oxygen atoms in total. The van der Waals surface area contributed by atoms with E-state index < -0.39 is 0 Å². The van der Waals surface area contributed by atoms with Crippen molar-refractivity contribution in [2.75, 3.05) is 20.7 Å². The molecule has 2 rings (SSSR count). The summed E-state index contributed by atoms with van der Waals surface area (Å²) >= 11 is 0. The van der Waals surface area contributed by atoms with Gasteiger partial charge in [0, 0.05) is 19.7 Å². The van der Waals surface area contributed by atoms with Crippen LogP contribution in [0.15, 0.2) is 23.2 Å². The molecule has 0 unspecified atom stereocenters. The number of aliphatic imine (C=N–C) groups is 1. The summed E-state index contributed by atoms with van der Waals surface area (Å²) in [7, 11) is 3.77. The van der Waals surface area contributed by atoms with Crippen LogP contribution in [0.25, 0.3) is 0 Å². The van der Waals surface area contributed by atoms with Crippen LogP contribution in [0.1, 0.15) is 24.0 Å². The summed E-state index contributed by atoms with van der Waals surface area (Å²) in [5.74, 6) is 2.24. The van der Waals surface area contributed by atoms with Gasteiger partial charge in [-0.15, -0.1) is 24.0 Å². The van der Waals surface area contributed by atoms with Crippen LogP contribution in [0.5, 0.6) is 5.75 Å². The van der Waals surface area contributed by atoms with Crippen molar-refractivity contribution in [3.05, 3.63) is 29.3 Å². The molecule has 20 heavy (non-hydrogen) atoms. The third-order valence-electron chi connectivity index (χ3n) is 3.26. The summed E-state index contributed by atoms with van der Waals surface area (Å²) < 4.78 is 5.91. The van der Waals surface area contributed by atoms with Crippen LogP contribution in [-0.4, -0.2) is 31.6 Å². The second-order valence-electron chi connectivity index (χ2n) is 5.43. The minimum absolute atomic E-state index is 0. The normalized spacial score (nSPS) is 14.7. The average Bonchev–Trinajstić information content (AvgIpc) is 3.18. The molecule has 0 atom stereocenters. The van der Waals surface area contributed by atoms with E-state index in [9.17, 15) is 0 Å². The Hall–Kier alpha value is -0.980. The Morgan fingerprint density at radius 1 is 1.40 bits per heavy atom. The summed E-state index contributed by atoms with van der Waals surface area (Å²) in [4.78, 5) is 6.17. The molecule has 1 aromatic carbocycles. The SMILES string of the molecule is Cc1ccc(CN=C(N)N(C)C)c(OCC2CC2)c1.I. The maximum atomic E-state index is 5.91. The van der Waals surface area contributed by atoms with Crippen LogP contribution in [-0.2, 0) is 6.54 Å². The lowest BCUT2D eigenvalue weighted by atomic mass is 10.1. The zero-order valence-electron chi connectivity index (χ0n) is 12.4. The highest BCUT2D eigenvalue weighted by Gasteiger charge is 2.22. The molecule has 5 heteroatoms. The molecule has 1 aliphatic carbocycles. The Morgan fingerprint density at radius 3 is 2.70 bits per heavy atom. The first-order chi connectivity index (χ1) is 9.06. The molecule has 112 valence electrons. The second kappa shape index (κ2) is 7.71. The predicted molar refractivity (Wildman–Crippen MR) is 93.8 cm³/mol. The van der Waals surface area contributed by atoms with Crippen molar-refractivity contribution in [2.45, 2.75) is 26.3 Å². The zero-order chi connectivity index (χ0) is 13.8. The Balaban J connectivity index is 0.00000200. The maximum Gasteiger partial charge on any atom is 0.191 e. The quantitative estimate of drug-likeness (QED) is 0.479. The van der Waals surface area contributed by atoms with Gasteiger partial charge in [0.05, 0.1) is 13.2 Å². The Bertz CT molecular complexity index is 470. The van der Waals surface area contributed by atoms with Crippen LogP contribution in [0, 0.1) is 12.8 Å². The Morgan fingerprint density at radius 2 is 2.10 bits per heavy atom. The number of nitrogens with zero attached hydrogens (tertiary/aromatic N) is 2. The minimum atomic E-state index is 0. The van der Waals surface area contributed by atoms with E-state index in [0.29, 0.717) is 12.5 Å². The highest BCUT2D eigenvalue weighted by molar-refractivity contribution is 14.0. The van der Waals surface area contributed by atoms with Gasteiger partial charge >= 0.3 is 0 Å². The Kier molecular flexibility index (Phi) is 6.58. The number of halogens is 1. The van der Waals surface area contributed by atoms with Gasteiger partial charge in [0.1, 0.15) is 5.75 Å². The van der Waals surface area contributed by atoms with Crippen molar-refractivity contribution in [1.29, 1.82) is 0 Å². The standard InChI is InChI=1S/C15H23N3O.HI/c1-11-4-7-13(9-17-15(16)18(2)3)14(8-11)19-10-12-5-6-12;/h4,7-8,12H,5-6,9-10H2,1-3H3,(H2,16,17);1H. The fraction of sp³-hybridized carbons (Fsp3) is 0.533. The third-order valence-corrected chi connectivity index (χ3v) is 3.26. The number of guanidine groups is 1. The van der Waals surface area contributed by atoms with Gasteiger partial charge in [0.2, 0.25) is 0 Å². The van der Waals surface area contributed by atoms with Gasteiger partial charge in [0.15, 0.2) is 5.96 Å². The molecule has 2 N–H and O–H groups in total. The van der Waals surface area contributed by atoms with Crippen LogP contribution >= 0.6 is 24.0 Å². The monoisotopic (exact) mass is 389 g/mol. The van der Waals surface area contributed by atoms with Crippen molar-refractivity contribution in [2.24, 2.45) is 16.6 Å². The molecule has 0 bridgehead atoms. The highest BCUT2D eigenvalue weighted by atomic mass is 127. The van der Waals surface area contributed by atoms with E-state index in [-0.39, 0.29) is 24.0 Å². The minimum Gasteiger partial charge on any atom is -0.493 e. The number of ether oxygens (including phenoxy) is 1. The van der Waals surface area contributed by atoms with E-state index in [0.717, 1.165) is 23.8 Å². The van der Waals surface area contributed by atoms with E-state index in [2.05, 4.69) is 30.1 Å². The van der Waals surface area contributed by atoms with Crippen molar-refractivity contribution in [3.8, 4) is 5.75 Å². The lowest BCUT2D eigenvalue weighted by Gasteiger charge is -2.13. The summed E-state index contributed by atoms with van der Waals surface area (Å²) in [6.07, 6.45) is 2.60. The second-order valence-corrected chi connectivity index (χ2v) is 5.43. The summed E-state index contributed by atoms with van der Waals surface area (Å²) in [5, 5.41) is 0. The first-order valence-electron chi connectivity index (χ1n) is 6.76.